The summed E-state index contributed by atoms with van der Waals surface area (Å²) in [5, 5.41) is 3.32. The molecule has 0 aromatic carbocycles. The first-order valence-electron chi connectivity index (χ1n) is 7.51. The molecule has 1 rings (SSSR count). The highest BCUT2D eigenvalue weighted by Crippen LogP contribution is 2.23. The van der Waals surface area contributed by atoms with Gasteiger partial charge in [0.25, 0.3) is 0 Å². The number of guanidine groups is 1. The standard InChI is InChI=1S/C14H29N3O3S.HI/c1-14(2)12-17(9-11-21(14,18)19)13(15-3)16-8-6-5-7-10-20-4;/h5-12H2,1-4H3,(H,15,16);1H. The van der Waals surface area contributed by atoms with Gasteiger partial charge in [-0.25, -0.2) is 8.42 Å². The van der Waals surface area contributed by atoms with Crippen molar-refractivity contribution >= 4 is 39.8 Å². The Morgan fingerprint density at radius 1 is 1.32 bits per heavy atom. The summed E-state index contributed by atoms with van der Waals surface area (Å²) in [6.45, 7) is 6.21. The van der Waals surface area contributed by atoms with E-state index in [9.17, 15) is 8.42 Å². The largest absolute Gasteiger partial charge is 0.385 e. The molecule has 132 valence electrons. The van der Waals surface area contributed by atoms with Crippen molar-refractivity contribution in [2.24, 2.45) is 4.99 Å². The number of hydrogen-bond donors (Lipinski definition) is 1. The maximum Gasteiger partial charge on any atom is 0.193 e. The lowest BCUT2D eigenvalue weighted by Gasteiger charge is -2.39. The molecule has 1 aliphatic heterocycles. The topological polar surface area (TPSA) is 71.0 Å². The zero-order valence-corrected chi connectivity index (χ0v) is 17.2. The summed E-state index contributed by atoms with van der Waals surface area (Å²) in [5.74, 6) is 0.985. The molecule has 0 bridgehead atoms. The van der Waals surface area contributed by atoms with Gasteiger partial charge in [-0.15, -0.1) is 24.0 Å². The van der Waals surface area contributed by atoms with Crippen LogP contribution in [0.4, 0.5) is 0 Å². The Kier molecular flexibility index (Phi) is 9.88. The Morgan fingerprint density at radius 2 is 2.00 bits per heavy atom. The van der Waals surface area contributed by atoms with Crippen LogP contribution in [0.5, 0.6) is 0 Å². The minimum absolute atomic E-state index is 0. The number of aliphatic imine (C=N–C) groups is 1. The lowest BCUT2D eigenvalue weighted by molar-refractivity contribution is 0.192. The summed E-state index contributed by atoms with van der Waals surface area (Å²) in [7, 11) is 0.445. The number of nitrogens with zero attached hydrogens (tertiary/aromatic N) is 2. The molecular formula is C14H30IN3O3S. The summed E-state index contributed by atoms with van der Waals surface area (Å²) >= 11 is 0. The number of rotatable bonds is 6. The van der Waals surface area contributed by atoms with E-state index in [1.165, 1.54) is 0 Å². The molecule has 22 heavy (non-hydrogen) atoms. The van der Waals surface area contributed by atoms with Crippen LogP contribution in [0.25, 0.3) is 0 Å². The van der Waals surface area contributed by atoms with Gasteiger partial charge in [-0.05, 0) is 33.1 Å². The van der Waals surface area contributed by atoms with Gasteiger partial charge in [0.1, 0.15) is 0 Å². The third-order valence-corrected chi connectivity index (χ3v) is 6.40. The van der Waals surface area contributed by atoms with Crippen molar-refractivity contribution in [3.63, 3.8) is 0 Å². The van der Waals surface area contributed by atoms with Crippen LogP contribution in [0.1, 0.15) is 33.1 Å². The lowest BCUT2D eigenvalue weighted by atomic mass is 10.2. The molecule has 1 fully saturated rings. The molecule has 6 nitrogen and oxygen atoms in total. The summed E-state index contributed by atoms with van der Waals surface area (Å²) in [6, 6.07) is 0. The summed E-state index contributed by atoms with van der Waals surface area (Å²) in [6.07, 6.45) is 3.22. The van der Waals surface area contributed by atoms with Crippen molar-refractivity contribution < 1.29 is 13.2 Å². The number of unbranched alkanes of at least 4 members (excludes halogenated alkanes) is 2. The highest BCUT2D eigenvalue weighted by Gasteiger charge is 2.40. The van der Waals surface area contributed by atoms with Gasteiger partial charge in [0, 0.05) is 40.4 Å². The van der Waals surface area contributed by atoms with Crippen LogP contribution in [-0.2, 0) is 14.6 Å². The first kappa shape index (κ1) is 21.9. The van der Waals surface area contributed by atoms with E-state index in [2.05, 4.69) is 10.3 Å². The zero-order chi connectivity index (χ0) is 15.9. The van der Waals surface area contributed by atoms with Crippen molar-refractivity contribution in [1.82, 2.24) is 10.2 Å². The summed E-state index contributed by atoms with van der Waals surface area (Å²) in [4.78, 5) is 6.31. The van der Waals surface area contributed by atoms with Gasteiger partial charge < -0.3 is 15.0 Å². The minimum Gasteiger partial charge on any atom is -0.385 e. The van der Waals surface area contributed by atoms with Crippen LogP contribution in [0, 0.1) is 0 Å². The number of hydrogen-bond acceptors (Lipinski definition) is 4. The summed E-state index contributed by atoms with van der Waals surface area (Å²) in [5.41, 5.74) is 0. The number of sulfone groups is 1. The Hall–Kier alpha value is -0.0900. The molecule has 1 saturated heterocycles. The molecule has 0 amide bonds. The van der Waals surface area contributed by atoms with Crippen LogP contribution in [-0.4, -0.2) is 70.2 Å². The monoisotopic (exact) mass is 447 g/mol. The second-order valence-corrected chi connectivity index (χ2v) is 8.77. The highest BCUT2D eigenvalue weighted by molar-refractivity contribution is 14.0. The van der Waals surface area contributed by atoms with E-state index in [4.69, 9.17) is 4.74 Å². The van der Waals surface area contributed by atoms with Gasteiger partial charge >= 0.3 is 0 Å². The van der Waals surface area contributed by atoms with E-state index in [-0.39, 0.29) is 29.7 Å². The average molecular weight is 447 g/mol. The molecule has 0 unspecified atom stereocenters. The first-order chi connectivity index (χ1) is 9.84. The smallest absolute Gasteiger partial charge is 0.193 e. The van der Waals surface area contributed by atoms with Gasteiger partial charge in [-0.3, -0.25) is 4.99 Å². The predicted octanol–water partition coefficient (Wildman–Crippen LogP) is 1.51. The number of methoxy groups -OCH3 is 1. The van der Waals surface area contributed by atoms with Crippen molar-refractivity contribution in [1.29, 1.82) is 0 Å². The SMILES string of the molecule is CN=C(NCCCCCOC)N1CCS(=O)(=O)C(C)(C)C1.I. The molecule has 8 heteroatoms. The van der Waals surface area contributed by atoms with E-state index >= 15 is 0 Å². The van der Waals surface area contributed by atoms with Crippen molar-refractivity contribution in [2.45, 2.75) is 37.9 Å². The molecule has 1 N–H and O–H groups in total. The quantitative estimate of drug-likeness (QED) is 0.289. The lowest BCUT2D eigenvalue weighted by Crippen LogP contribution is -2.57. The number of ether oxygens (including phenoxy) is 1. The molecule has 0 saturated carbocycles. The van der Waals surface area contributed by atoms with E-state index < -0.39 is 14.6 Å². The van der Waals surface area contributed by atoms with E-state index in [1.807, 2.05) is 4.90 Å². The second kappa shape index (κ2) is 9.92. The number of halogens is 1. The maximum absolute atomic E-state index is 12.0. The fourth-order valence-electron chi connectivity index (χ4n) is 2.41. The Morgan fingerprint density at radius 3 is 2.55 bits per heavy atom. The van der Waals surface area contributed by atoms with E-state index in [0.717, 1.165) is 38.4 Å². The molecule has 1 aliphatic rings. The third-order valence-electron chi connectivity index (χ3n) is 3.86. The van der Waals surface area contributed by atoms with Gasteiger partial charge in [0.15, 0.2) is 15.8 Å². The van der Waals surface area contributed by atoms with E-state index in [0.29, 0.717) is 13.1 Å². The third kappa shape index (κ3) is 6.19. The van der Waals surface area contributed by atoms with Gasteiger partial charge in [-0.1, -0.05) is 0 Å². The predicted molar refractivity (Wildman–Crippen MR) is 102 cm³/mol. The van der Waals surface area contributed by atoms with Crippen molar-refractivity contribution in [3.8, 4) is 0 Å². The minimum atomic E-state index is -3.01. The normalized spacial score (nSPS) is 20.4. The Labute approximate surface area is 152 Å². The molecule has 0 spiro atoms. The molecule has 0 aromatic rings. The fourth-order valence-corrected chi connectivity index (χ4v) is 3.77. The second-order valence-electron chi connectivity index (χ2n) is 6.03. The van der Waals surface area contributed by atoms with Crippen molar-refractivity contribution in [2.75, 3.05) is 46.2 Å². The van der Waals surface area contributed by atoms with Crippen LogP contribution < -0.4 is 5.32 Å². The molecule has 0 aliphatic carbocycles. The highest BCUT2D eigenvalue weighted by atomic mass is 127. The number of nitrogens with one attached hydrogen (secondary N) is 1. The summed E-state index contributed by atoms with van der Waals surface area (Å²) < 4.78 is 28.3. The Bertz CT molecular complexity index is 452. The molecular weight excluding hydrogens is 417 g/mol. The van der Waals surface area contributed by atoms with Crippen LogP contribution in [0.15, 0.2) is 4.99 Å². The average Bonchev–Trinajstić information content (AvgIpc) is 2.41. The first-order valence-corrected chi connectivity index (χ1v) is 9.16. The molecule has 1 heterocycles. The Balaban J connectivity index is 0.00000441. The van der Waals surface area contributed by atoms with Crippen LogP contribution in [0.3, 0.4) is 0 Å². The fraction of sp³-hybridized carbons (Fsp3) is 0.929. The van der Waals surface area contributed by atoms with Gasteiger partial charge in [0.2, 0.25) is 0 Å². The van der Waals surface area contributed by atoms with Crippen LogP contribution >= 0.6 is 24.0 Å². The molecule has 0 atom stereocenters. The molecule has 0 aromatic heterocycles. The van der Waals surface area contributed by atoms with Gasteiger partial charge in [-0.2, -0.15) is 0 Å². The van der Waals surface area contributed by atoms with Gasteiger partial charge in [0.05, 0.1) is 10.5 Å². The molecule has 0 radical (unpaired) electrons. The maximum atomic E-state index is 12.0. The van der Waals surface area contributed by atoms with E-state index in [1.54, 1.807) is 28.0 Å². The van der Waals surface area contributed by atoms with Crippen molar-refractivity contribution in [3.05, 3.63) is 0 Å². The zero-order valence-electron chi connectivity index (χ0n) is 14.1. The van der Waals surface area contributed by atoms with Crippen LogP contribution in [0.2, 0.25) is 0 Å².